The molecule has 0 saturated carbocycles. The SMILES string of the molecule is O=C(CCc1ccc(S(=O)(=O)N2CCCCC2)cc1)NCCc1ccc2c(c1)OCCO2. The Morgan fingerprint density at radius 3 is 2.31 bits per heavy atom. The van der Waals surface area contributed by atoms with Gasteiger partial charge in [-0.25, -0.2) is 8.42 Å². The third kappa shape index (κ3) is 5.61. The van der Waals surface area contributed by atoms with Crippen molar-refractivity contribution in [3.05, 3.63) is 53.6 Å². The largest absolute Gasteiger partial charge is 0.486 e. The summed E-state index contributed by atoms with van der Waals surface area (Å²) in [6.45, 7) is 2.86. The molecule has 4 rings (SSSR count). The van der Waals surface area contributed by atoms with Crippen LogP contribution in [0.2, 0.25) is 0 Å². The fourth-order valence-corrected chi connectivity index (χ4v) is 5.54. The lowest BCUT2D eigenvalue weighted by molar-refractivity contribution is -0.121. The van der Waals surface area contributed by atoms with Gasteiger partial charge >= 0.3 is 0 Å². The van der Waals surface area contributed by atoms with Gasteiger partial charge in [0.25, 0.3) is 0 Å². The number of aryl methyl sites for hydroxylation is 1. The number of benzene rings is 2. The standard InChI is InChI=1S/C24H30N2O5S/c27-24(25-13-12-20-6-10-22-23(18-20)31-17-16-30-22)11-7-19-4-8-21(9-5-19)32(28,29)26-14-2-1-3-15-26/h4-6,8-10,18H,1-3,7,11-17H2,(H,25,27). The van der Waals surface area contributed by atoms with Gasteiger partial charge in [0.05, 0.1) is 4.90 Å². The summed E-state index contributed by atoms with van der Waals surface area (Å²) in [5, 5.41) is 2.95. The number of amides is 1. The molecule has 2 aliphatic heterocycles. The van der Waals surface area contributed by atoms with Crippen LogP contribution >= 0.6 is 0 Å². The highest BCUT2D eigenvalue weighted by Gasteiger charge is 2.25. The molecule has 0 atom stereocenters. The molecule has 0 bridgehead atoms. The minimum absolute atomic E-state index is 0.0208. The van der Waals surface area contributed by atoms with Crippen molar-refractivity contribution in [1.82, 2.24) is 9.62 Å². The van der Waals surface area contributed by atoms with Crippen LogP contribution in [-0.2, 0) is 27.7 Å². The highest BCUT2D eigenvalue weighted by molar-refractivity contribution is 7.89. The third-order valence-corrected chi connectivity index (χ3v) is 7.77. The van der Waals surface area contributed by atoms with E-state index in [1.54, 1.807) is 28.6 Å². The van der Waals surface area contributed by atoms with Crippen molar-refractivity contribution in [2.45, 2.75) is 43.4 Å². The van der Waals surface area contributed by atoms with Crippen molar-refractivity contribution in [2.75, 3.05) is 32.8 Å². The average Bonchev–Trinajstić information content (AvgIpc) is 2.83. The number of piperidine rings is 1. The van der Waals surface area contributed by atoms with Gasteiger partial charge in [0.1, 0.15) is 13.2 Å². The monoisotopic (exact) mass is 458 g/mol. The Kier molecular flexibility index (Phi) is 7.32. The predicted molar refractivity (Wildman–Crippen MR) is 122 cm³/mol. The molecule has 0 spiro atoms. The van der Waals surface area contributed by atoms with Crippen LogP contribution in [0.25, 0.3) is 0 Å². The Balaban J connectivity index is 1.22. The van der Waals surface area contributed by atoms with Crippen LogP contribution in [0, 0.1) is 0 Å². The maximum atomic E-state index is 12.7. The summed E-state index contributed by atoms with van der Waals surface area (Å²) < 4.78 is 38.1. The Morgan fingerprint density at radius 1 is 0.875 bits per heavy atom. The van der Waals surface area contributed by atoms with Crippen molar-refractivity contribution in [2.24, 2.45) is 0 Å². The van der Waals surface area contributed by atoms with E-state index in [1.807, 2.05) is 18.2 Å². The van der Waals surface area contributed by atoms with E-state index in [4.69, 9.17) is 9.47 Å². The van der Waals surface area contributed by atoms with Crippen LogP contribution in [0.4, 0.5) is 0 Å². The van der Waals surface area contributed by atoms with Crippen LogP contribution < -0.4 is 14.8 Å². The zero-order valence-electron chi connectivity index (χ0n) is 18.2. The molecule has 1 amide bonds. The van der Waals surface area contributed by atoms with Crippen LogP contribution in [0.3, 0.4) is 0 Å². The first-order valence-corrected chi connectivity index (χ1v) is 12.7. The fourth-order valence-electron chi connectivity index (χ4n) is 4.02. The Hall–Kier alpha value is -2.58. The molecule has 1 N–H and O–H groups in total. The second-order valence-electron chi connectivity index (χ2n) is 8.19. The van der Waals surface area contributed by atoms with Gasteiger partial charge in [-0.05, 0) is 61.1 Å². The van der Waals surface area contributed by atoms with Crippen LogP contribution in [-0.4, -0.2) is 51.5 Å². The first-order valence-electron chi connectivity index (χ1n) is 11.3. The zero-order chi connectivity index (χ0) is 22.4. The van der Waals surface area contributed by atoms with Gasteiger partial charge in [-0.1, -0.05) is 24.6 Å². The lowest BCUT2D eigenvalue weighted by Crippen LogP contribution is -2.35. The molecule has 0 aliphatic carbocycles. The molecular formula is C24H30N2O5S. The maximum Gasteiger partial charge on any atom is 0.243 e. The number of hydrogen-bond acceptors (Lipinski definition) is 5. The van der Waals surface area contributed by atoms with Gasteiger partial charge in [-0.2, -0.15) is 4.31 Å². The first kappa shape index (κ1) is 22.6. The predicted octanol–water partition coefficient (Wildman–Crippen LogP) is 2.92. The van der Waals surface area contributed by atoms with Gasteiger partial charge in [-0.3, -0.25) is 4.79 Å². The summed E-state index contributed by atoms with van der Waals surface area (Å²) in [4.78, 5) is 12.5. The van der Waals surface area contributed by atoms with Crippen LogP contribution in [0.5, 0.6) is 11.5 Å². The number of hydrogen-bond donors (Lipinski definition) is 1. The molecular weight excluding hydrogens is 428 g/mol. The summed E-state index contributed by atoms with van der Waals surface area (Å²) in [5.41, 5.74) is 2.03. The maximum absolute atomic E-state index is 12.7. The van der Waals surface area contributed by atoms with Gasteiger partial charge < -0.3 is 14.8 Å². The second kappa shape index (κ2) is 10.4. The summed E-state index contributed by atoms with van der Waals surface area (Å²) >= 11 is 0. The number of nitrogens with zero attached hydrogens (tertiary/aromatic N) is 1. The van der Waals surface area contributed by atoms with E-state index < -0.39 is 10.0 Å². The minimum Gasteiger partial charge on any atom is -0.486 e. The summed E-state index contributed by atoms with van der Waals surface area (Å²) in [6.07, 6.45) is 4.57. The van der Waals surface area contributed by atoms with Crippen molar-refractivity contribution in [3.8, 4) is 11.5 Å². The van der Waals surface area contributed by atoms with E-state index in [0.29, 0.717) is 57.0 Å². The highest BCUT2D eigenvalue weighted by atomic mass is 32.2. The van der Waals surface area contributed by atoms with E-state index in [9.17, 15) is 13.2 Å². The molecule has 2 aliphatic rings. The van der Waals surface area contributed by atoms with Crippen molar-refractivity contribution >= 4 is 15.9 Å². The molecule has 0 unspecified atom stereocenters. The molecule has 2 heterocycles. The molecule has 8 heteroatoms. The lowest BCUT2D eigenvalue weighted by Gasteiger charge is -2.25. The molecule has 172 valence electrons. The fraction of sp³-hybridized carbons (Fsp3) is 0.458. The number of fused-ring (bicyclic) bond motifs is 1. The molecule has 32 heavy (non-hydrogen) atoms. The van der Waals surface area contributed by atoms with Gasteiger partial charge in [0.15, 0.2) is 11.5 Å². The second-order valence-corrected chi connectivity index (χ2v) is 10.1. The van der Waals surface area contributed by atoms with Crippen LogP contribution in [0.15, 0.2) is 47.4 Å². The van der Waals surface area contributed by atoms with Crippen LogP contribution in [0.1, 0.15) is 36.8 Å². The molecule has 1 fully saturated rings. The summed E-state index contributed by atoms with van der Waals surface area (Å²) in [6, 6.07) is 12.8. The zero-order valence-corrected chi connectivity index (χ0v) is 19.0. The number of sulfonamides is 1. The molecule has 2 aromatic rings. The smallest absolute Gasteiger partial charge is 0.243 e. The number of nitrogens with one attached hydrogen (secondary N) is 1. The van der Waals surface area contributed by atoms with Crippen molar-refractivity contribution in [3.63, 3.8) is 0 Å². The van der Waals surface area contributed by atoms with E-state index >= 15 is 0 Å². The number of carbonyl (C=O) groups excluding carboxylic acids is 1. The number of carbonyl (C=O) groups is 1. The average molecular weight is 459 g/mol. The Bertz CT molecular complexity index is 1030. The molecule has 0 radical (unpaired) electrons. The highest BCUT2D eigenvalue weighted by Crippen LogP contribution is 2.30. The van der Waals surface area contributed by atoms with E-state index in [1.165, 1.54) is 0 Å². The van der Waals surface area contributed by atoms with Gasteiger partial charge in [-0.15, -0.1) is 0 Å². The normalized spacial score (nSPS) is 16.5. The summed E-state index contributed by atoms with van der Waals surface area (Å²) in [5.74, 6) is 1.50. The van der Waals surface area contributed by atoms with E-state index in [-0.39, 0.29) is 5.91 Å². The van der Waals surface area contributed by atoms with Gasteiger partial charge in [0, 0.05) is 26.1 Å². The molecule has 0 aromatic heterocycles. The Labute approximate surface area is 189 Å². The van der Waals surface area contributed by atoms with Crippen molar-refractivity contribution in [1.29, 1.82) is 0 Å². The van der Waals surface area contributed by atoms with E-state index in [0.717, 1.165) is 41.9 Å². The quantitative estimate of drug-likeness (QED) is 0.658. The third-order valence-electron chi connectivity index (χ3n) is 5.86. The van der Waals surface area contributed by atoms with Crippen molar-refractivity contribution < 1.29 is 22.7 Å². The van der Waals surface area contributed by atoms with E-state index in [2.05, 4.69) is 5.32 Å². The number of ether oxygens (including phenoxy) is 2. The first-order chi connectivity index (χ1) is 15.5. The minimum atomic E-state index is -3.42. The molecule has 2 aromatic carbocycles. The Morgan fingerprint density at radius 2 is 1.56 bits per heavy atom. The van der Waals surface area contributed by atoms with Gasteiger partial charge in [0.2, 0.25) is 15.9 Å². The number of rotatable bonds is 8. The molecule has 7 nitrogen and oxygen atoms in total. The molecule has 1 saturated heterocycles. The summed E-state index contributed by atoms with van der Waals surface area (Å²) in [7, 11) is -3.42. The lowest BCUT2D eigenvalue weighted by atomic mass is 10.1. The topological polar surface area (TPSA) is 84.9 Å².